The maximum atomic E-state index is 13.0. The van der Waals surface area contributed by atoms with Crippen molar-refractivity contribution in [2.24, 2.45) is 5.92 Å². The van der Waals surface area contributed by atoms with Gasteiger partial charge in [-0.25, -0.2) is 0 Å². The van der Waals surface area contributed by atoms with E-state index in [9.17, 15) is 9.59 Å². The van der Waals surface area contributed by atoms with E-state index in [0.29, 0.717) is 24.5 Å². The van der Waals surface area contributed by atoms with Gasteiger partial charge in [0.25, 0.3) is 5.91 Å². The summed E-state index contributed by atoms with van der Waals surface area (Å²) in [5.74, 6) is 2.43. The van der Waals surface area contributed by atoms with Crippen LogP contribution in [-0.2, 0) is 11.2 Å². The highest BCUT2D eigenvalue weighted by atomic mass is 32.2. The molecule has 2 aliphatic heterocycles. The molecule has 1 fully saturated rings. The number of aryl methyl sites for hydroxylation is 1. The van der Waals surface area contributed by atoms with Gasteiger partial charge >= 0.3 is 0 Å². The van der Waals surface area contributed by atoms with E-state index < -0.39 is 0 Å². The van der Waals surface area contributed by atoms with E-state index in [1.807, 2.05) is 42.2 Å². The standard InChI is InChI=1S/C25H30N2O3S/c1-2-30-21-8-5-18(6-9-21)3-4-19-11-14-27(15-12-19)25(29)20-7-10-23-22(17-20)26-24(28)13-16-31-23/h5-10,17,19H,2-4,11-16H2,1H3,(H,26,28). The number of carbonyl (C=O) groups excluding carboxylic acids is 2. The maximum Gasteiger partial charge on any atom is 0.253 e. The normalized spacial score (nSPS) is 16.9. The average molecular weight is 439 g/mol. The molecular formula is C25H30N2O3S. The second-order valence-electron chi connectivity index (χ2n) is 8.21. The molecule has 0 atom stereocenters. The Morgan fingerprint density at radius 1 is 1.16 bits per heavy atom. The highest BCUT2D eigenvalue weighted by Gasteiger charge is 2.24. The van der Waals surface area contributed by atoms with Crippen molar-refractivity contribution in [2.45, 2.75) is 43.9 Å². The van der Waals surface area contributed by atoms with Gasteiger partial charge in [-0.05, 0) is 74.4 Å². The molecule has 5 nitrogen and oxygen atoms in total. The molecule has 0 aliphatic carbocycles. The number of nitrogens with zero attached hydrogens (tertiary/aromatic N) is 1. The predicted molar refractivity (Wildman–Crippen MR) is 125 cm³/mol. The van der Waals surface area contributed by atoms with Crippen molar-refractivity contribution in [3.63, 3.8) is 0 Å². The zero-order valence-corrected chi connectivity index (χ0v) is 18.9. The number of fused-ring (bicyclic) bond motifs is 1. The van der Waals surface area contributed by atoms with Gasteiger partial charge in [0, 0.05) is 35.7 Å². The molecule has 2 aliphatic rings. The Bertz CT molecular complexity index is 921. The summed E-state index contributed by atoms with van der Waals surface area (Å²) in [5, 5.41) is 2.93. The fourth-order valence-corrected chi connectivity index (χ4v) is 5.19. The molecule has 0 spiro atoms. The van der Waals surface area contributed by atoms with Crippen LogP contribution < -0.4 is 10.1 Å². The third kappa shape index (κ3) is 5.62. The Labute approximate surface area is 188 Å². The van der Waals surface area contributed by atoms with Crippen LogP contribution >= 0.6 is 11.8 Å². The Balaban J connectivity index is 1.28. The van der Waals surface area contributed by atoms with Crippen LogP contribution in [0.15, 0.2) is 47.4 Å². The number of thioether (sulfide) groups is 1. The van der Waals surface area contributed by atoms with Gasteiger partial charge in [0.1, 0.15) is 5.75 Å². The molecule has 0 aromatic heterocycles. The van der Waals surface area contributed by atoms with Crippen molar-refractivity contribution < 1.29 is 14.3 Å². The zero-order chi connectivity index (χ0) is 21.6. The molecular weight excluding hydrogens is 408 g/mol. The number of piperidine rings is 1. The Hall–Kier alpha value is -2.47. The lowest BCUT2D eigenvalue weighted by Crippen LogP contribution is -2.38. The Kier molecular flexibility index (Phi) is 7.17. The number of carbonyl (C=O) groups is 2. The van der Waals surface area contributed by atoms with Gasteiger partial charge in [-0.3, -0.25) is 9.59 Å². The summed E-state index contributed by atoms with van der Waals surface area (Å²) in [6.45, 7) is 4.28. The lowest BCUT2D eigenvalue weighted by molar-refractivity contribution is -0.115. The molecule has 164 valence electrons. The summed E-state index contributed by atoms with van der Waals surface area (Å²) in [5.41, 5.74) is 2.77. The monoisotopic (exact) mass is 438 g/mol. The summed E-state index contributed by atoms with van der Waals surface area (Å²) in [7, 11) is 0. The van der Waals surface area contributed by atoms with Crippen LogP contribution in [0.3, 0.4) is 0 Å². The number of ether oxygens (including phenoxy) is 1. The number of hydrogen-bond donors (Lipinski definition) is 1. The van der Waals surface area contributed by atoms with Crippen molar-refractivity contribution in [1.29, 1.82) is 0 Å². The first-order chi connectivity index (χ1) is 15.1. The number of hydrogen-bond acceptors (Lipinski definition) is 4. The van der Waals surface area contributed by atoms with Crippen LogP contribution in [0.25, 0.3) is 0 Å². The number of likely N-dealkylation sites (tertiary alicyclic amines) is 1. The van der Waals surface area contributed by atoms with Gasteiger partial charge in [-0.1, -0.05) is 12.1 Å². The minimum absolute atomic E-state index is 0.0178. The van der Waals surface area contributed by atoms with E-state index in [1.54, 1.807) is 11.8 Å². The number of rotatable bonds is 6. The van der Waals surface area contributed by atoms with Crippen molar-refractivity contribution in [3.8, 4) is 5.75 Å². The molecule has 6 heteroatoms. The molecule has 4 rings (SSSR count). The molecule has 1 N–H and O–H groups in total. The molecule has 2 aromatic rings. The largest absolute Gasteiger partial charge is 0.494 e. The van der Waals surface area contributed by atoms with Crippen LogP contribution in [0.1, 0.15) is 48.5 Å². The van der Waals surface area contributed by atoms with E-state index in [-0.39, 0.29) is 11.8 Å². The number of anilines is 1. The summed E-state index contributed by atoms with van der Waals surface area (Å²) in [6.07, 6.45) is 4.80. The van der Waals surface area contributed by atoms with Crippen molar-refractivity contribution >= 4 is 29.3 Å². The lowest BCUT2D eigenvalue weighted by Gasteiger charge is -2.32. The van der Waals surface area contributed by atoms with Crippen LogP contribution in [0.4, 0.5) is 5.69 Å². The van der Waals surface area contributed by atoms with Crippen LogP contribution in [0.5, 0.6) is 5.75 Å². The molecule has 1 saturated heterocycles. The first-order valence-electron chi connectivity index (χ1n) is 11.2. The number of benzene rings is 2. The SMILES string of the molecule is CCOc1ccc(CCC2CCN(C(=O)c3ccc4c(c3)NC(=O)CCS4)CC2)cc1. The van der Waals surface area contributed by atoms with Gasteiger partial charge < -0.3 is 15.0 Å². The van der Waals surface area contributed by atoms with E-state index in [2.05, 4.69) is 17.4 Å². The first-order valence-corrected chi connectivity index (χ1v) is 12.2. The maximum absolute atomic E-state index is 13.0. The summed E-state index contributed by atoms with van der Waals surface area (Å²) in [4.78, 5) is 27.9. The fourth-order valence-electron chi connectivity index (χ4n) is 4.25. The van der Waals surface area contributed by atoms with Gasteiger partial charge in [0.05, 0.1) is 12.3 Å². The molecule has 0 saturated carbocycles. The summed E-state index contributed by atoms with van der Waals surface area (Å²) < 4.78 is 5.51. The van der Waals surface area contributed by atoms with E-state index in [4.69, 9.17) is 4.74 Å². The predicted octanol–water partition coefficient (Wildman–Crippen LogP) is 5.00. The Morgan fingerprint density at radius 2 is 1.94 bits per heavy atom. The summed E-state index contributed by atoms with van der Waals surface area (Å²) >= 11 is 1.66. The van der Waals surface area contributed by atoms with Crippen molar-refractivity contribution in [3.05, 3.63) is 53.6 Å². The molecule has 0 radical (unpaired) electrons. The Morgan fingerprint density at radius 3 is 2.68 bits per heavy atom. The smallest absolute Gasteiger partial charge is 0.253 e. The average Bonchev–Trinajstić information content (AvgIpc) is 2.98. The van der Waals surface area contributed by atoms with Crippen LogP contribution in [0, 0.1) is 5.92 Å². The minimum atomic E-state index is 0.0178. The number of nitrogens with one attached hydrogen (secondary N) is 1. The highest BCUT2D eigenvalue weighted by Crippen LogP contribution is 2.32. The van der Waals surface area contributed by atoms with E-state index >= 15 is 0 Å². The number of amides is 2. The minimum Gasteiger partial charge on any atom is -0.494 e. The third-order valence-corrected chi connectivity index (χ3v) is 7.14. The first kappa shape index (κ1) is 21.8. The second kappa shape index (κ2) is 10.2. The molecule has 0 bridgehead atoms. The second-order valence-corrected chi connectivity index (χ2v) is 9.35. The topological polar surface area (TPSA) is 58.6 Å². The van der Waals surface area contributed by atoms with E-state index in [0.717, 1.165) is 60.9 Å². The molecule has 2 aromatic carbocycles. The molecule has 2 amide bonds. The van der Waals surface area contributed by atoms with Crippen LogP contribution in [-0.4, -0.2) is 42.2 Å². The zero-order valence-electron chi connectivity index (χ0n) is 18.1. The fraction of sp³-hybridized carbons (Fsp3) is 0.440. The van der Waals surface area contributed by atoms with Gasteiger partial charge in [-0.15, -0.1) is 11.8 Å². The highest BCUT2D eigenvalue weighted by molar-refractivity contribution is 7.99. The quantitative estimate of drug-likeness (QED) is 0.689. The lowest BCUT2D eigenvalue weighted by atomic mass is 9.90. The molecule has 2 heterocycles. The molecule has 0 unspecified atom stereocenters. The van der Waals surface area contributed by atoms with Crippen LogP contribution in [0.2, 0.25) is 0 Å². The van der Waals surface area contributed by atoms with Gasteiger partial charge in [0.15, 0.2) is 0 Å². The van der Waals surface area contributed by atoms with Crippen molar-refractivity contribution in [1.82, 2.24) is 4.90 Å². The van der Waals surface area contributed by atoms with Gasteiger partial charge in [0.2, 0.25) is 5.91 Å². The van der Waals surface area contributed by atoms with Gasteiger partial charge in [-0.2, -0.15) is 0 Å². The van der Waals surface area contributed by atoms with E-state index in [1.165, 1.54) is 5.56 Å². The summed E-state index contributed by atoms with van der Waals surface area (Å²) in [6, 6.07) is 14.1. The molecule has 31 heavy (non-hydrogen) atoms. The third-order valence-electron chi connectivity index (χ3n) is 6.06. The van der Waals surface area contributed by atoms with Crippen molar-refractivity contribution in [2.75, 3.05) is 30.8 Å².